The van der Waals surface area contributed by atoms with Crippen LogP contribution in [0.4, 0.5) is 5.69 Å². The summed E-state index contributed by atoms with van der Waals surface area (Å²) in [5, 5.41) is 20.5. The maximum atomic E-state index is 13.0. The van der Waals surface area contributed by atoms with Gasteiger partial charge in [0.25, 0.3) is 0 Å². The van der Waals surface area contributed by atoms with Crippen molar-refractivity contribution in [1.82, 2.24) is 4.90 Å². The van der Waals surface area contributed by atoms with Crippen molar-refractivity contribution in [2.75, 3.05) is 24.6 Å². The molecule has 4 fully saturated rings. The van der Waals surface area contributed by atoms with Crippen LogP contribution in [0.5, 0.6) is 0 Å². The van der Waals surface area contributed by atoms with Gasteiger partial charge in [0.2, 0.25) is 5.91 Å². The second-order valence-corrected chi connectivity index (χ2v) is 8.65. The molecule has 1 saturated carbocycles. The van der Waals surface area contributed by atoms with Crippen molar-refractivity contribution >= 4 is 11.6 Å². The van der Waals surface area contributed by atoms with Crippen molar-refractivity contribution in [3.63, 3.8) is 0 Å². The van der Waals surface area contributed by atoms with E-state index in [0.29, 0.717) is 6.04 Å². The minimum absolute atomic E-state index is 0.0421. The van der Waals surface area contributed by atoms with E-state index in [1.807, 2.05) is 17.0 Å². The van der Waals surface area contributed by atoms with Crippen molar-refractivity contribution < 1.29 is 15.0 Å². The number of fused-ring (bicyclic) bond motifs is 4. The van der Waals surface area contributed by atoms with E-state index in [4.69, 9.17) is 0 Å². The van der Waals surface area contributed by atoms with E-state index in [2.05, 4.69) is 23.1 Å². The molecule has 5 aliphatic rings. The van der Waals surface area contributed by atoms with Gasteiger partial charge in [-0.1, -0.05) is 29.8 Å². The van der Waals surface area contributed by atoms with E-state index < -0.39 is 6.10 Å². The quantitative estimate of drug-likeness (QED) is 0.742. The number of anilines is 1. The van der Waals surface area contributed by atoms with Gasteiger partial charge in [-0.2, -0.15) is 0 Å². The summed E-state index contributed by atoms with van der Waals surface area (Å²) in [7, 11) is 0. The van der Waals surface area contributed by atoms with Crippen LogP contribution in [-0.2, 0) is 10.2 Å². The molecule has 4 aliphatic heterocycles. The summed E-state index contributed by atoms with van der Waals surface area (Å²) >= 11 is 0. The fraction of sp³-hybridized carbons (Fsp3) is 0.571. The summed E-state index contributed by atoms with van der Waals surface area (Å²) in [6.45, 7) is 1.96. The molecule has 1 amide bonds. The van der Waals surface area contributed by atoms with Crippen molar-refractivity contribution in [3.05, 3.63) is 41.5 Å². The average molecular weight is 352 g/mol. The minimum Gasteiger partial charge on any atom is -0.392 e. The van der Waals surface area contributed by atoms with Crippen LogP contribution in [-0.4, -0.2) is 58.9 Å². The van der Waals surface area contributed by atoms with Crippen molar-refractivity contribution in [2.45, 2.75) is 42.9 Å². The molecule has 6 rings (SSSR count). The molecule has 5 heteroatoms. The van der Waals surface area contributed by atoms with Gasteiger partial charge < -0.3 is 15.1 Å². The predicted molar refractivity (Wildman–Crippen MR) is 96.8 cm³/mol. The van der Waals surface area contributed by atoms with Gasteiger partial charge in [0.15, 0.2) is 0 Å². The Kier molecular flexibility index (Phi) is 2.94. The molecule has 26 heavy (non-hydrogen) atoms. The summed E-state index contributed by atoms with van der Waals surface area (Å²) in [4.78, 5) is 17.6. The normalized spacial score (nSPS) is 44.4. The largest absolute Gasteiger partial charge is 0.392 e. The third-order valence-electron chi connectivity index (χ3n) is 7.94. The topological polar surface area (TPSA) is 64.0 Å². The lowest BCUT2D eigenvalue weighted by molar-refractivity contribution is -0.129. The molecule has 5 nitrogen and oxygen atoms in total. The first kappa shape index (κ1) is 15.4. The second-order valence-electron chi connectivity index (χ2n) is 8.65. The standard InChI is InChI=1S/C21H24N2O3/c24-8-5-12-11-22-7-6-21-14-3-1-2-4-15(14)23-18(26)10-16(25)19(20(21)23)13(12)9-17(21)22/h1-5,13,16-17,19-20,24-25H,6-11H2/t13-,16+,17-,19-,20-,21+/m0/s1. The average Bonchev–Trinajstić information content (AvgIpc) is 3.17. The number of rotatable bonds is 1. The third kappa shape index (κ3) is 1.57. The van der Waals surface area contributed by atoms with E-state index in [9.17, 15) is 15.0 Å². The van der Waals surface area contributed by atoms with Gasteiger partial charge in [-0.25, -0.2) is 0 Å². The zero-order chi connectivity index (χ0) is 17.6. The van der Waals surface area contributed by atoms with Crippen LogP contribution in [0.25, 0.3) is 0 Å². The van der Waals surface area contributed by atoms with Crippen LogP contribution in [0.3, 0.4) is 0 Å². The highest BCUT2D eigenvalue weighted by molar-refractivity contribution is 5.99. The number of amides is 1. The molecule has 2 bridgehead atoms. The molecule has 4 heterocycles. The lowest BCUT2D eigenvalue weighted by atomic mass is 9.53. The van der Waals surface area contributed by atoms with Gasteiger partial charge in [0.05, 0.1) is 25.2 Å². The van der Waals surface area contributed by atoms with Gasteiger partial charge in [0.1, 0.15) is 0 Å². The van der Waals surface area contributed by atoms with E-state index in [1.54, 1.807) is 0 Å². The number of nitrogens with zero attached hydrogens (tertiary/aromatic N) is 2. The molecular weight excluding hydrogens is 328 g/mol. The predicted octanol–water partition coefficient (Wildman–Crippen LogP) is 1.05. The highest BCUT2D eigenvalue weighted by Crippen LogP contribution is 2.64. The Morgan fingerprint density at radius 1 is 1.31 bits per heavy atom. The monoisotopic (exact) mass is 352 g/mol. The number of hydrogen-bond donors (Lipinski definition) is 2. The summed E-state index contributed by atoms with van der Waals surface area (Å²) < 4.78 is 0. The molecule has 1 spiro atoms. The molecule has 3 saturated heterocycles. The Balaban J connectivity index is 1.61. The molecular formula is C21H24N2O3. The van der Waals surface area contributed by atoms with Gasteiger partial charge in [-0.3, -0.25) is 9.69 Å². The molecule has 136 valence electrons. The van der Waals surface area contributed by atoms with E-state index >= 15 is 0 Å². The van der Waals surface area contributed by atoms with Crippen LogP contribution in [0, 0.1) is 11.8 Å². The van der Waals surface area contributed by atoms with Crippen molar-refractivity contribution in [1.29, 1.82) is 0 Å². The second kappa shape index (κ2) is 4.97. The van der Waals surface area contributed by atoms with Crippen LogP contribution in [0.2, 0.25) is 0 Å². The fourth-order valence-corrected chi connectivity index (χ4v) is 7.20. The summed E-state index contributed by atoms with van der Waals surface area (Å²) in [6.07, 6.45) is 3.64. The molecule has 2 N–H and O–H groups in total. The zero-order valence-corrected chi connectivity index (χ0v) is 14.7. The number of carbonyl (C=O) groups is 1. The molecule has 0 unspecified atom stereocenters. The molecule has 1 aliphatic carbocycles. The first-order valence-corrected chi connectivity index (χ1v) is 9.80. The highest BCUT2D eigenvalue weighted by atomic mass is 16.3. The maximum absolute atomic E-state index is 13.0. The Morgan fingerprint density at radius 2 is 2.15 bits per heavy atom. The van der Waals surface area contributed by atoms with Gasteiger partial charge in [-0.05, 0) is 36.9 Å². The van der Waals surface area contributed by atoms with Gasteiger partial charge in [0, 0.05) is 29.6 Å². The number of aliphatic hydroxyl groups is 2. The Hall–Kier alpha value is -1.69. The first-order chi connectivity index (χ1) is 12.7. The van der Waals surface area contributed by atoms with E-state index in [0.717, 1.165) is 31.6 Å². The summed E-state index contributed by atoms with van der Waals surface area (Å²) in [5.74, 6) is 0.392. The smallest absolute Gasteiger partial charge is 0.229 e. The lowest BCUT2D eigenvalue weighted by Gasteiger charge is -2.58. The van der Waals surface area contributed by atoms with Crippen molar-refractivity contribution in [3.8, 4) is 0 Å². The Labute approximate surface area is 152 Å². The number of para-hydroxylation sites is 1. The van der Waals surface area contributed by atoms with Gasteiger partial charge in [-0.15, -0.1) is 0 Å². The lowest BCUT2D eigenvalue weighted by Crippen LogP contribution is -2.69. The molecule has 1 aromatic carbocycles. The number of aliphatic hydroxyl groups excluding tert-OH is 2. The van der Waals surface area contributed by atoms with E-state index in [-0.39, 0.29) is 42.2 Å². The molecule has 6 atom stereocenters. The van der Waals surface area contributed by atoms with Crippen molar-refractivity contribution in [2.24, 2.45) is 11.8 Å². The highest BCUT2D eigenvalue weighted by Gasteiger charge is 2.70. The summed E-state index contributed by atoms with van der Waals surface area (Å²) in [6, 6.07) is 8.90. The molecule has 0 aromatic heterocycles. The van der Waals surface area contributed by atoms with E-state index in [1.165, 1.54) is 11.1 Å². The fourth-order valence-electron chi connectivity index (χ4n) is 7.20. The third-order valence-corrected chi connectivity index (χ3v) is 7.94. The molecule has 1 aromatic rings. The SMILES string of the molecule is O=C1C[C@@H](O)[C@H]2[C@@H]3N1c1ccccc1[C@@]31CCN3CC(=CCO)[C@@H]2C[C@H]31. The van der Waals surface area contributed by atoms with Crippen LogP contribution in [0.1, 0.15) is 24.8 Å². The Morgan fingerprint density at radius 3 is 3.00 bits per heavy atom. The first-order valence-electron chi connectivity index (χ1n) is 9.80. The van der Waals surface area contributed by atoms with Crippen LogP contribution < -0.4 is 4.90 Å². The maximum Gasteiger partial charge on any atom is 0.229 e. The zero-order valence-electron chi connectivity index (χ0n) is 14.7. The Bertz CT molecular complexity index is 836. The van der Waals surface area contributed by atoms with Crippen LogP contribution in [0.15, 0.2) is 35.9 Å². The molecule has 0 radical (unpaired) electrons. The summed E-state index contributed by atoms with van der Waals surface area (Å²) in [5.41, 5.74) is 3.60. The number of carbonyl (C=O) groups excluding carboxylic acids is 1. The number of benzene rings is 1. The van der Waals surface area contributed by atoms with Crippen LogP contribution >= 0.6 is 0 Å². The number of piperidine rings is 2. The minimum atomic E-state index is -0.588. The van der Waals surface area contributed by atoms with Gasteiger partial charge >= 0.3 is 0 Å². The number of hydrogen-bond acceptors (Lipinski definition) is 4.